The van der Waals surface area contributed by atoms with Gasteiger partial charge in [0.2, 0.25) is 0 Å². The van der Waals surface area contributed by atoms with Crippen LogP contribution in [0.3, 0.4) is 0 Å². The number of hydrogen-bond acceptors (Lipinski definition) is 2. The molecular formula is C36H38N2. The maximum absolute atomic E-state index is 5.26. The third-order valence-corrected chi connectivity index (χ3v) is 7.46. The van der Waals surface area contributed by atoms with Gasteiger partial charge in [-0.05, 0) is 52.5 Å². The van der Waals surface area contributed by atoms with Gasteiger partial charge in [-0.25, -0.2) is 4.99 Å². The molecule has 4 aromatic rings. The second-order valence-electron chi connectivity index (χ2n) is 11.5. The molecule has 0 saturated carbocycles. The highest BCUT2D eigenvalue weighted by atomic mass is 15.0. The van der Waals surface area contributed by atoms with Gasteiger partial charge in [0.1, 0.15) is 0 Å². The Kier molecular flexibility index (Phi) is 7.69. The fraction of sp³-hybridized carbons (Fsp3) is 0.278. The molecule has 0 aromatic heterocycles. The number of rotatable bonds is 7. The average Bonchev–Trinajstić information content (AvgIpc) is 2.96. The molecule has 1 heterocycles. The molecule has 0 bridgehead atoms. The molecule has 192 valence electrons. The van der Waals surface area contributed by atoms with Crippen LogP contribution in [0.15, 0.2) is 119 Å². The molecule has 2 unspecified atom stereocenters. The Morgan fingerprint density at radius 2 is 1.18 bits per heavy atom. The molecule has 1 aliphatic rings. The number of benzene rings is 4. The number of nitrogens with zero attached hydrogens (tertiary/aromatic N) is 2. The van der Waals surface area contributed by atoms with Crippen LogP contribution >= 0.6 is 0 Å². The molecule has 0 fully saturated rings. The van der Waals surface area contributed by atoms with Gasteiger partial charge >= 0.3 is 0 Å². The summed E-state index contributed by atoms with van der Waals surface area (Å²) in [5.41, 5.74) is 8.77. The van der Waals surface area contributed by atoms with E-state index in [1.54, 1.807) is 0 Å². The average molecular weight is 499 g/mol. The maximum atomic E-state index is 5.26. The molecule has 0 aliphatic carbocycles. The predicted octanol–water partition coefficient (Wildman–Crippen LogP) is 9.35. The lowest BCUT2D eigenvalue weighted by Gasteiger charge is -2.30. The monoisotopic (exact) mass is 498 g/mol. The zero-order valence-corrected chi connectivity index (χ0v) is 23.1. The molecule has 0 spiro atoms. The number of hydrogen-bond donors (Lipinski definition) is 0. The van der Waals surface area contributed by atoms with Gasteiger partial charge in [-0.2, -0.15) is 0 Å². The minimum absolute atomic E-state index is 0.0399. The Bertz CT molecular complexity index is 1390. The van der Waals surface area contributed by atoms with Crippen LogP contribution in [0, 0.1) is 11.3 Å². The molecule has 0 saturated heterocycles. The van der Waals surface area contributed by atoms with Crippen molar-refractivity contribution in [2.24, 2.45) is 21.3 Å². The second kappa shape index (κ2) is 11.3. The van der Waals surface area contributed by atoms with E-state index < -0.39 is 0 Å². The summed E-state index contributed by atoms with van der Waals surface area (Å²) in [4.78, 5) is 10.5. The first kappa shape index (κ1) is 25.9. The minimum Gasteiger partial charge on any atom is -0.257 e. The Hall–Kier alpha value is -3.78. The quantitative estimate of drug-likeness (QED) is 0.242. The van der Waals surface area contributed by atoms with Crippen LogP contribution < -0.4 is 0 Å². The van der Waals surface area contributed by atoms with Crippen molar-refractivity contribution in [3.05, 3.63) is 131 Å². The van der Waals surface area contributed by atoms with Crippen molar-refractivity contribution in [2.45, 2.75) is 53.0 Å². The highest BCUT2D eigenvalue weighted by molar-refractivity contribution is 6.15. The lowest BCUT2D eigenvalue weighted by molar-refractivity contribution is 0.378. The van der Waals surface area contributed by atoms with Crippen LogP contribution in [0.1, 0.15) is 68.8 Å². The summed E-state index contributed by atoms with van der Waals surface area (Å²) < 4.78 is 0. The Morgan fingerprint density at radius 1 is 0.632 bits per heavy atom. The number of aryl methyl sites for hydroxylation is 1. The highest BCUT2D eigenvalue weighted by Gasteiger charge is 2.31. The first-order chi connectivity index (χ1) is 18.4. The molecule has 5 rings (SSSR count). The van der Waals surface area contributed by atoms with Crippen molar-refractivity contribution in [3.63, 3.8) is 0 Å². The molecule has 38 heavy (non-hydrogen) atoms. The fourth-order valence-corrected chi connectivity index (χ4v) is 5.19. The molecule has 0 radical (unpaired) electrons. The summed E-state index contributed by atoms with van der Waals surface area (Å²) in [6, 6.07) is 39.1. The third-order valence-electron chi connectivity index (χ3n) is 7.46. The Balaban J connectivity index is 1.51. The van der Waals surface area contributed by atoms with Crippen LogP contribution in [-0.4, -0.2) is 11.5 Å². The van der Waals surface area contributed by atoms with Gasteiger partial charge in [0.05, 0.1) is 11.8 Å². The zero-order chi connectivity index (χ0) is 26.5. The van der Waals surface area contributed by atoms with E-state index in [4.69, 9.17) is 9.98 Å². The molecule has 2 nitrogen and oxygen atoms in total. The van der Waals surface area contributed by atoms with E-state index in [2.05, 4.69) is 137 Å². The summed E-state index contributed by atoms with van der Waals surface area (Å²) in [5, 5.41) is 0. The zero-order valence-electron chi connectivity index (χ0n) is 23.1. The largest absolute Gasteiger partial charge is 0.257 e. The van der Waals surface area contributed by atoms with Gasteiger partial charge in [0, 0.05) is 11.5 Å². The van der Waals surface area contributed by atoms with Crippen molar-refractivity contribution in [1.82, 2.24) is 0 Å². The lowest BCUT2D eigenvalue weighted by Crippen LogP contribution is -2.28. The second-order valence-corrected chi connectivity index (χ2v) is 11.5. The molecule has 0 amide bonds. The van der Waals surface area contributed by atoms with Crippen molar-refractivity contribution in [3.8, 4) is 11.1 Å². The summed E-state index contributed by atoms with van der Waals surface area (Å²) in [6.07, 6.45) is 3.23. The molecule has 2 heteroatoms. The molecule has 1 aliphatic heterocycles. The van der Waals surface area contributed by atoms with Crippen molar-refractivity contribution in [2.75, 3.05) is 0 Å². The maximum Gasteiger partial charge on any atom is 0.155 e. The molecule has 4 aromatic carbocycles. The van der Waals surface area contributed by atoms with E-state index in [1.807, 2.05) is 0 Å². The van der Waals surface area contributed by atoms with Gasteiger partial charge in [-0.1, -0.05) is 137 Å². The normalized spacial score (nSPS) is 17.6. The lowest BCUT2D eigenvalue weighted by atomic mass is 9.83. The van der Waals surface area contributed by atoms with E-state index in [0.29, 0.717) is 5.41 Å². The van der Waals surface area contributed by atoms with E-state index in [1.165, 1.54) is 34.2 Å². The van der Waals surface area contributed by atoms with Crippen molar-refractivity contribution < 1.29 is 0 Å². The van der Waals surface area contributed by atoms with Crippen LogP contribution in [0.4, 0.5) is 0 Å². The first-order valence-corrected chi connectivity index (χ1v) is 13.9. The van der Waals surface area contributed by atoms with Gasteiger partial charge in [-0.15, -0.1) is 0 Å². The fourth-order valence-electron chi connectivity index (χ4n) is 5.19. The van der Waals surface area contributed by atoms with Crippen LogP contribution in [0.2, 0.25) is 0 Å². The Labute approximate surface area is 228 Å². The summed E-state index contributed by atoms with van der Waals surface area (Å²) in [5.74, 6) is 1.04. The van der Waals surface area contributed by atoms with Gasteiger partial charge in [0.25, 0.3) is 0 Å². The van der Waals surface area contributed by atoms with Crippen LogP contribution in [0.25, 0.3) is 11.1 Å². The summed E-state index contributed by atoms with van der Waals surface area (Å²) in [6.45, 7) is 9.15. The minimum atomic E-state index is 0.0399. The molecule has 0 N–H and O–H groups in total. The third kappa shape index (κ3) is 6.02. The molecule has 2 atom stereocenters. The SMILES string of the molecule is CCC1C(c2ccc(-c3ccccc3)cc2)=NC(c2ccc(CCC(C)(C)C)cc2)=NC1c1ccccc1. The van der Waals surface area contributed by atoms with Crippen LogP contribution in [-0.2, 0) is 6.42 Å². The summed E-state index contributed by atoms with van der Waals surface area (Å²) in [7, 11) is 0. The Morgan fingerprint density at radius 3 is 1.79 bits per heavy atom. The highest BCUT2D eigenvalue weighted by Crippen LogP contribution is 2.36. The smallest absolute Gasteiger partial charge is 0.155 e. The van der Waals surface area contributed by atoms with E-state index in [0.717, 1.165) is 30.0 Å². The number of amidine groups is 1. The van der Waals surface area contributed by atoms with Crippen molar-refractivity contribution >= 4 is 11.5 Å². The van der Waals surface area contributed by atoms with E-state index in [-0.39, 0.29) is 12.0 Å². The molecular weight excluding hydrogens is 460 g/mol. The van der Waals surface area contributed by atoms with Gasteiger partial charge < -0.3 is 0 Å². The first-order valence-electron chi connectivity index (χ1n) is 13.9. The van der Waals surface area contributed by atoms with E-state index in [9.17, 15) is 0 Å². The van der Waals surface area contributed by atoms with Gasteiger partial charge in [-0.3, -0.25) is 4.99 Å². The van der Waals surface area contributed by atoms with Crippen LogP contribution in [0.5, 0.6) is 0 Å². The summed E-state index contributed by atoms with van der Waals surface area (Å²) >= 11 is 0. The van der Waals surface area contributed by atoms with E-state index >= 15 is 0 Å². The predicted molar refractivity (Wildman–Crippen MR) is 162 cm³/mol. The van der Waals surface area contributed by atoms with Crippen molar-refractivity contribution in [1.29, 1.82) is 0 Å². The number of aliphatic imine (C=N–C) groups is 2. The topological polar surface area (TPSA) is 24.7 Å². The standard InChI is InChI=1S/C36H38N2/c1-5-32-33(29-14-10-7-11-15-29)37-35(31-18-16-26(17-19-31)24-25-36(2,3)4)38-34(32)30-22-20-28(21-23-30)27-12-8-6-9-13-27/h6-23,32-33H,5,24-25H2,1-4H3. The van der Waals surface area contributed by atoms with Gasteiger partial charge in [0.15, 0.2) is 5.84 Å².